The zero-order chi connectivity index (χ0) is 87.4. The number of nitrogens with one attached hydrogen (secondary N) is 11. The van der Waals surface area contributed by atoms with Crippen molar-refractivity contribution in [3.05, 3.63) is 0 Å². The van der Waals surface area contributed by atoms with Crippen molar-refractivity contribution in [2.75, 3.05) is 211 Å². The molecule has 3 fully saturated rings. The highest BCUT2D eigenvalue weighted by Gasteiger charge is 2.19. The Morgan fingerprint density at radius 3 is 0.965 bits per heavy atom. The molecule has 3 aliphatic rings. The molecule has 3 aliphatic heterocycles. The highest BCUT2D eigenvalue weighted by Crippen LogP contribution is 2.13. The number of likely N-dealkylation sites (N-methyl/N-ethyl adjacent to an activating group) is 2. The van der Waals surface area contributed by atoms with Gasteiger partial charge in [0.05, 0.1) is 90.5 Å². The summed E-state index contributed by atoms with van der Waals surface area (Å²) < 4.78 is 32.0. The first-order valence-electron chi connectivity index (χ1n) is 38.4. The minimum atomic E-state index is -3.03. The fourth-order valence-corrected chi connectivity index (χ4v) is 8.03. The Morgan fingerprint density at radius 2 is 0.664 bits per heavy atom. The summed E-state index contributed by atoms with van der Waals surface area (Å²) in [5, 5.41) is 37.6. The second-order valence-corrected chi connectivity index (χ2v) is 36.1. The number of amides is 14. The topological polar surface area (TPSA) is 348 Å². The molecular weight excluding hydrogens is 1460 g/mol. The summed E-state index contributed by atoms with van der Waals surface area (Å²) in [6.07, 6.45) is 1.45. The molecule has 3 heterocycles. The number of morpholine rings is 2. The largest absolute Gasteiger partial charge is 0.379 e. The highest BCUT2D eigenvalue weighted by atomic mass is 32.2. The molecule has 3 rings (SSSR count). The Kier molecular flexibility index (Phi) is 59.2. The molecule has 0 aromatic rings. The Morgan fingerprint density at radius 1 is 0.381 bits per heavy atom. The van der Waals surface area contributed by atoms with Gasteiger partial charge in [0.2, 0.25) is 0 Å². The molecule has 0 atom stereocenters. The number of piperazine rings is 1. The summed E-state index contributed by atoms with van der Waals surface area (Å²) in [4.78, 5) is 90.9. The van der Waals surface area contributed by atoms with Gasteiger partial charge in [-0.05, 0) is 167 Å². The van der Waals surface area contributed by atoms with E-state index >= 15 is 0 Å². The minimum absolute atomic E-state index is 0.00121. The molecule has 14 amide bonds. The molecular formula is C83H146N18O11S. The lowest BCUT2D eigenvalue weighted by Crippen LogP contribution is -2.50. The van der Waals surface area contributed by atoms with E-state index in [9.17, 15) is 42.0 Å². The second-order valence-electron chi connectivity index (χ2n) is 33.9. The average Bonchev–Trinajstić information content (AvgIpc) is 0.906. The third-order valence-corrected chi connectivity index (χ3v) is 14.0. The summed E-state index contributed by atoms with van der Waals surface area (Å²) in [7, 11) is 6.37. The molecule has 0 aromatic carbocycles. The number of hydrogen-bond donors (Lipinski definition) is 11. The molecule has 0 aliphatic carbocycles. The fourth-order valence-electron chi connectivity index (χ4n) is 7.56. The van der Waals surface area contributed by atoms with E-state index < -0.39 is 15.9 Å². The number of rotatable bonds is 18. The second kappa shape index (κ2) is 60.6. The molecule has 3 saturated heterocycles. The predicted molar refractivity (Wildman–Crippen MR) is 457 cm³/mol. The number of hydrogen-bond acceptors (Lipinski definition) is 15. The predicted octanol–water partition coefficient (Wildman–Crippen LogP) is 6.57. The van der Waals surface area contributed by atoms with E-state index in [0.717, 1.165) is 71.8 Å². The molecule has 0 aromatic heterocycles. The van der Waals surface area contributed by atoms with Crippen LogP contribution in [0.15, 0.2) is 0 Å². The van der Waals surface area contributed by atoms with Gasteiger partial charge in [-0.25, -0.2) is 42.0 Å². The van der Waals surface area contributed by atoms with Gasteiger partial charge in [0, 0.05) is 150 Å². The maximum atomic E-state index is 11.8. The first kappa shape index (κ1) is 110. The van der Waals surface area contributed by atoms with E-state index in [1.54, 1.807) is 19.0 Å². The van der Waals surface area contributed by atoms with Crippen LogP contribution in [0.4, 0.5) is 33.6 Å². The summed E-state index contributed by atoms with van der Waals surface area (Å²) in [5.41, 5.74) is -0.171. The number of sulfone groups is 1. The lowest BCUT2D eigenvalue weighted by atomic mass is 9.98. The summed E-state index contributed by atoms with van der Waals surface area (Å²) >= 11 is 0. The van der Waals surface area contributed by atoms with Gasteiger partial charge in [0.1, 0.15) is 9.84 Å². The van der Waals surface area contributed by atoms with Crippen molar-refractivity contribution in [3.8, 4) is 89.0 Å². The summed E-state index contributed by atoms with van der Waals surface area (Å²) in [6.45, 7) is 58.3. The Hall–Kier alpha value is -8.95. The average molecular weight is 1600 g/mol. The molecule has 0 bridgehead atoms. The van der Waals surface area contributed by atoms with E-state index in [1.807, 2.05) is 155 Å². The first-order chi connectivity index (χ1) is 52.0. The Bertz CT molecular complexity index is 3410. The SMILES string of the molecule is CC(C)(C)C#CCNC(=O)N1CCOCC1.CC(C)(C)C#CCNC(=O)NCCC#N.CC(C)(C)C#CCNC(=O)NCCN1CCOCC1.CC(C)(C)C#CCNC(=O)NCCS(C)(=O)=O.CN(C)C(=O)NCC#CC(C)(C)C.CN(C)CCNC(=O)NCC#CC(C)(C)C.CN1CCN(C(=O)NCC#CC(C)(C)C)CC1. The fraction of sp³-hybridized carbons (Fsp3) is 0.735. The smallest absolute Gasteiger partial charge is 0.318 e. The van der Waals surface area contributed by atoms with E-state index in [2.05, 4.69) is 179 Å². The van der Waals surface area contributed by atoms with Gasteiger partial charge in [-0.1, -0.05) is 82.9 Å². The zero-order valence-electron chi connectivity index (χ0n) is 74.1. The number of nitriles is 1. The summed E-state index contributed by atoms with van der Waals surface area (Å²) in [6, 6.07) is 0.776. The maximum Gasteiger partial charge on any atom is 0.318 e. The molecule has 0 radical (unpaired) electrons. The molecule has 113 heavy (non-hydrogen) atoms. The lowest BCUT2D eigenvalue weighted by molar-refractivity contribution is 0.0387. The van der Waals surface area contributed by atoms with Gasteiger partial charge < -0.3 is 92.5 Å². The molecule has 640 valence electrons. The monoisotopic (exact) mass is 1600 g/mol. The van der Waals surface area contributed by atoms with E-state index in [1.165, 1.54) is 4.90 Å². The molecule has 0 saturated carbocycles. The lowest BCUT2D eigenvalue weighted by Gasteiger charge is -2.32. The molecule has 30 heteroatoms. The van der Waals surface area contributed by atoms with Crippen LogP contribution in [0.25, 0.3) is 0 Å². The first-order valence-corrected chi connectivity index (χ1v) is 40.4. The van der Waals surface area contributed by atoms with Crippen LogP contribution >= 0.6 is 0 Å². The minimum Gasteiger partial charge on any atom is -0.379 e. The van der Waals surface area contributed by atoms with Crippen LogP contribution in [0.2, 0.25) is 0 Å². The van der Waals surface area contributed by atoms with Gasteiger partial charge in [-0.2, -0.15) is 5.26 Å². The van der Waals surface area contributed by atoms with Crippen molar-refractivity contribution >= 4 is 52.1 Å². The van der Waals surface area contributed by atoms with E-state index in [-0.39, 0.29) is 92.9 Å². The van der Waals surface area contributed by atoms with Gasteiger partial charge >= 0.3 is 42.2 Å². The van der Waals surface area contributed by atoms with Crippen molar-refractivity contribution in [1.82, 2.24) is 87.9 Å². The molecule has 0 unspecified atom stereocenters. The maximum absolute atomic E-state index is 11.8. The third-order valence-electron chi connectivity index (χ3n) is 13.0. The third kappa shape index (κ3) is 88.5. The van der Waals surface area contributed by atoms with Gasteiger partial charge in [0.25, 0.3) is 0 Å². The van der Waals surface area contributed by atoms with Crippen LogP contribution in [0.5, 0.6) is 0 Å². The van der Waals surface area contributed by atoms with Crippen LogP contribution in [-0.2, 0) is 19.3 Å². The molecule has 0 spiro atoms. The van der Waals surface area contributed by atoms with Crippen LogP contribution in [-0.4, -0.2) is 291 Å². The van der Waals surface area contributed by atoms with E-state index in [0.29, 0.717) is 91.6 Å². The number of carbonyl (C=O) groups excluding carboxylic acids is 7. The van der Waals surface area contributed by atoms with Crippen molar-refractivity contribution in [3.63, 3.8) is 0 Å². The van der Waals surface area contributed by atoms with Gasteiger partial charge in [-0.3, -0.25) is 4.90 Å². The van der Waals surface area contributed by atoms with Crippen molar-refractivity contribution in [2.45, 2.75) is 152 Å². The van der Waals surface area contributed by atoms with Crippen molar-refractivity contribution in [2.24, 2.45) is 37.9 Å². The Balaban J connectivity index is -0.000000615. The Labute approximate surface area is 683 Å². The molecule has 11 N–H and O–H groups in total. The van der Waals surface area contributed by atoms with Crippen LogP contribution < -0.4 is 58.5 Å². The van der Waals surface area contributed by atoms with Crippen LogP contribution in [0, 0.1) is 132 Å². The number of carbonyl (C=O) groups is 7. The van der Waals surface area contributed by atoms with E-state index in [4.69, 9.17) is 14.7 Å². The van der Waals surface area contributed by atoms with Gasteiger partial charge in [-0.15, -0.1) is 0 Å². The zero-order valence-corrected chi connectivity index (χ0v) is 74.9. The quantitative estimate of drug-likeness (QED) is 0.0511. The number of nitrogens with zero attached hydrogens (tertiary/aromatic N) is 7. The van der Waals surface area contributed by atoms with Crippen LogP contribution in [0.3, 0.4) is 0 Å². The standard InChI is InChI=1S/C14H25N3O2.C13H23N3O.C12H23N3O.C12H20N2O2.C11H17N3O.C11H20N2O3S.C10H18N2O/c1-14(2,3)5-4-6-15-13(18)16-7-8-17-9-11-19-12-10-17;1-13(2,3)6-5-7-14-12(17)16-10-8-15(4)9-11-16;1-12(2,3)7-6-8-13-11(16)14-9-10-15(4)5;1-12(2,3)5-4-6-13-11(15)14-7-9-16-10-8-14;1-11(2,3)6-4-8-13-10(15)14-9-5-7-12;1-11(2,3)6-5-7-12-10(14)13-8-9-17(4,15)16;1-10(2,3)7-6-8-11-9(13)12(4)5/h6-12H2,1-3H3,(H2,15,16,18);7-11H2,1-4H3,(H,14,17);8-10H2,1-5H3,(H2,13,14,16);6-10H2,1-3H3,(H,13,15);5,8-9H2,1-3H3,(H2,13,14,15);7-9H2,1-4H3,(H2,12,13,14);8H2,1-5H3,(H,11,13). The van der Waals surface area contributed by atoms with Crippen molar-refractivity contribution in [1.29, 1.82) is 5.26 Å². The number of ether oxygens (including phenoxy) is 2. The summed E-state index contributed by atoms with van der Waals surface area (Å²) in [5.74, 6) is 41.6. The van der Waals surface area contributed by atoms with Crippen molar-refractivity contribution < 1.29 is 51.5 Å². The molecule has 29 nitrogen and oxygen atoms in total. The number of urea groups is 7. The van der Waals surface area contributed by atoms with Crippen LogP contribution in [0.1, 0.15) is 152 Å². The van der Waals surface area contributed by atoms with Gasteiger partial charge in [0.15, 0.2) is 0 Å². The highest BCUT2D eigenvalue weighted by molar-refractivity contribution is 7.90. The normalized spacial score (nSPS) is 13.3.